The lowest BCUT2D eigenvalue weighted by Gasteiger charge is -2.23. The van der Waals surface area contributed by atoms with Crippen LogP contribution in [0.5, 0.6) is 0 Å². The highest BCUT2D eigenvalue weighted by atomic mass is 32.1. The number of hydrogen-bond acceptors (Lipinski definition) is 4. The Morgan fingerprint density at radius 2 is 2.04 bits per heavy atom. The van der Waals surface area contributed by atoms with Crippen LogP contribution in [0.4, 0.5) is 0 Å². The molecule has 0 bridgehead atoms. The number of fused-ring (bicyclic) bond motifs is 1. The van der Waals surface area contributed by atoms with Crippen molar-refractivity contribution < 1.29 is 4.79 Å². The lowest BCUT2D eigenvalue weighted by atomic mass is 9.91. The second kappa shape index (κ2) is 7.89. The molecule has 4 nitrogen and oxygen atoms in total. The first-order chi connectivity index (χ1) is 12.7. The van der Waals surface area contributed by atoms with Gasteiger partial charge in [0.15, 0.2) is 0 Å². The molecule has 1 aliphatic heterocycles. The van der Waals surface area contributed by atoms with E-state index in [9.17, 15) is 4.79 Å². The van der Waals surface area contributed by atoms with Crippen LogP contribution in [0.1, 0.15) is 63.1 Å². The van der Waals surface area contributed by atoms with E-state index in [2.05, 4.69) is 17.4 Å². The number of carbonyl (C=O) groups excluding carboxylic acids is 1. The molecule has 0 saturated carbocycles. The maximum absolute atomic E-state index is 12.8. The van der Waals surface area contributed by atoms with E-state index in [0.29, 0.717) is 12.5 Å². The second-order valence-electron chi connectivity index (χ2n) is 7.51. The average molecular weight is 370 g/mol. The molecule has 1 aromatic heterocycles. The molecule has 4 rings (SSSR count). The number of hydrogen-bond donors (Lipinski definition) is 1. The summed E-state index contributed by atoms with van der Waals surface area (Å²) in [4.78, 5) is 20.8. The molecule has 1 saturated heterocycles. The summed E-state index contributed by atoms with van der Waals surface area (Å²) in [5, 5.41) is 4.52. The number of nitrogens with zero attached hydrogens (tertiary/aromatic N) is 2. The molecule has 1 fully saturated rings. The first-order valence-corrected chi connectivity index (χ1v) is 10.6. The van der Waals surface area contributed by atoms with Crippen molar-refractivity contribution in [3.63, 3.8) is 0 Å². The van der Waals surface area contributed by atoms with Crippen molar-refractivity contribution in [3.05, 3.63) is 51.0 Å². The molecule has 0 unspecified atom stereocenters. The Labute approximate surface area is 159 Å². The lowest BCUT2D eigenvalue weighted by molar-refractivity contribution is 0.0785. The highest BCUT2D eigenvalue weighted by Gasteiger charge is 2.19. The summed E-state index contributed by atoms with van der Waals surface area (Å²) in [6.45, 7) is 2.77. The van der Waals surface area contributed by atoms with Gasteiger partial charge in [0.1, 0.15) is 5.01 Å². The van der Waals surface area contributed by atoms with Gasteiger partial charge in [0.2, 0.25) is 0 Å². The van der Waals surface area contributed by atoms with Gasteiger partial charge in [-0.15, -0.1) is 11.3 Å². The van der Waals surface area contributed by atoms with E-state index in [1.807, 2.05) is 19.2 Å². The summed E-state index contributed by atoms with van der Waals surface area (Å²) in [5.74, 6) is 0.652. The second-order valence-corrected chi connectivity index (χ2v) is 8.68. The number of rotatable bonds is 4. The summed E-state index contributed by atoms with van der Waals surface area (Å²) < 4.78 is 0. The number of amides is 1. The van der Waals surface area contributed by atoms with E-state index in [1.54, 1.807) is 16.2 Å². The molecule has 2 heterocycles. The van der Waals surface area contributed by atoms with Gasteiger partial charge in [0.25, 0.3) is 5.91 Å². The third-order valence-corrected chi connectivity index (χ3v) is 6.68. The van der Waals surface area contributed by atoms with Crippen LogP contribution in [0.3, 0.4) is 0 Å². The number of aromatic nitrogens is 1. The highest BCUT2D eigenvalue weighted by Crippen LogP contribution is 2.28. The first-order valence-electron chi connectivity index (χ1n) is 9.74. The first kappa shape index (κ1) is 17.7. The minimum atomic E-state index is 0.0755. The molecule has 1 aromatic carbocycles. The predicted molar refractivity (Wildman–Crippen MR) is 106 cm³/mol. The molecule has 0 spiro atoms. The number of piperidine rings is 1. The molecule has 1 N–H and O–H groups in total. The summed E-state index contributed by atoms with van der Waals surface area (Å²) in [6.07, 6.45) is 7.23. The fraction of sp³-hybridized carbons (Fsp3) is 0.524. The average Bonchev–Trinajstić information content (AvgIpc) is 3.10. The SMILES string of the molecule is CN(Cc1nc2c(s1)CCCC2)C(=O)c1ccc([C@H]2CCCNC2)cc1. The summed E-state index contributed by atoms with van der Waals surface area (Å²) in [6, 6.07) is 8.22. The largest absolute Gasteiger partial charge is 0.335 e. The van der Waals surface area contributed by atoms with Gasteiger partial charge >= 0.3 is 0 Å². The Hall–Kier alpha value is -1.72. The summed E-state index contributed by atoms with van der Waals surface area (Å²) in [7, 11) is 1.88. The Balaban J connectivity index is 1.40. The molecule has 1 atom stereocenters. The van der Waals surface area contributed by atoms with Crippen molar-refractivity contribution in [1.82, 2.24) is 15.2 Å². The number of aryl methyl sites for hydroxylation is 2. The Morgan fingerprint density at radius 1 is 1.23 bits per heavy atom. The van der Waals surface area contributed by atoms with E-state index >= 15 is 0 Å². The van der Waals surface area contributed by atoms with Crippen LogP contribution >= 0.6 is 11.3 Å². The molecular formula is C21H27N3OS. The minimum absolute atomic E-state index is 0.0755. The maximum Gasteiger partial charge on any atom is 0.253 e. The van der Waals surface area contributed by atoms with Crippen molar-refractivity contribution in [2.45, 2.75) is 51.0 Å². The molecule has 2 aromatic rings. The molecule has 26 heavy (non-hydrogen) atoms. The minimum Gasteiger partial charge on any atom is -0.335 e. The zero-order chi connectivity index (χ0) is 17.9. The molecular weight excluding hydrogens is 342 g/mol. The summed E-state index contributed by atoms with van der Waals surface area (Å²) in [5.41, 5.74) is 3.37. The smallest absolute Gasteiger partial charge is 0.253 e. The predicted octanol–water partition coefficient (Wildman–Crippen LogP) is 3.76. The molecule has 138 valence electrons. The van der Waals surface area contributed by atoms with Crippen LogP contribution < -0.4 is 5.32 Å². The fourth-order valence-corrected chi connectivity index (χ4v) is 5.21. The number of nitrogens with one attached hydrogen (secondary N) is 1. The quantitative estimate of drug-likeness (QED) is 0.892. The van der Waals surface area contributed by atoms with Crippen molar-refractivity contribution in [3.8, 4) is 0 Å². The molecule has 5 heteroatoms. The van der Waals surface area contributed by atoms with Gasteiger partial charge in [-0.05, 0) is 68.7 Å². The summed E-state index contributed by atoms with van der Waals surface area (Å²) >= 11 is 1.79. The number of thiazole rings is 1. The van der Waals surface area contributed by atoms with Crippen LogP contribution in [0, 0.1) is 0 Å². The van der Waals surface area contributed by atoms with Gasteiger partial charge in [0, 0.05) is 24.0 Å². The maximum atomic E-state index is 12.8. The number of carbonyl (C=O) groups is 1. The zero-order valence-corrected chi connectivity index (χ0v) is 16.3. The molecule has 1 aliphatic carbocycles. The molecule has 1 amide bonds. The fourth-order valence-electron chi connectivity index (χ4n) is 4.00. The van der Waals surface area contributed by atoms with Gasteiger partial charge < -0.3 is 10.2 Å². The van der Waals surface area contributed by atoms with Gasteiger partial charge in [-0.3, -0.25) is 4.79 Å². The standard InChI is InChI=1S/C21H27N3OS/c1-24(14-20-23-18-6-2-3-7-19(18)26-20)21(25)16-10-8-15(9-11-16)17-5-4-12-22-13-17/h8-11,17,22H,2-7,12-14H2,1H3/t17-/m0/s1. The van der Waals surface area contributed by atoms with E-state index in [1.165, 1.54) is 41.8 Å². The number of benzene rings is 1. The van der Waals surface area contributed by atoms with Crippen LogP contribution in [0.15, 0.2) is 24.3 Å². The lowest BCUT2D eigenvalue weighted by Crippen LogP contribution is -2.28. The van der Waals surface area contributed by atoms with E-state index < -0.39 is 0 Å². The van der Waals surface area contributed by atoms with Crippen molar-refractivity contribution in [2.75, 3.05) is 20.1 Å². The topological polar surface area (TPSA) is 45.2 Å². The molecule has 0 radical (unpaired) electrons. The van der Waals surface area contributed by atoms with Crippen LogP contribution in [0.25, 0.3) is 0 Å². The molecule has 2 aliphatic rings. The van der Waals surface area contributed by atoms with Crippen molar-refractivity contribution in [2.24, 2.45) is 0 Å². The highest BCUT2D eigenvalue weighted by molar-refractivity contribution is 7.11. The Kier molecular flexibility index (Phi) is 5.36. The van der Waals surface area contributed by atoms with Gasteiger partial charge in [0.05, 0.1) is 12.2 Å². The van der Waals surface area contributed by atoms with E-state index in [-0.39, 0.29) is 5.91 Å². The van der Waals surface area contributed by atoms with Crippen LogP contribution in [-0.2, 0) is 19.4 Å². The van der Waals surface area contributed by atoms with Crippen LogP contribution in [0.2, 0.25) is 0 Å². The third kappa shape index (κ3) is 3.84. The van der Waals surface area contributed by atoms with Gasteiger partial charge in [-0.2, -0.15) is 0 Å². The Morgan fingerprint density at radius 3 is 2.77 bits per heavy atom. The van der Waals surface area contributed by atoms with Gasteiger partial charge in [-0.25, -0.2) is 4.98 Å². The van der Waals surface area contributed by atoms with Gasteiger partial charge in [-0.1, -0.05) is 12.1 Å². The normalized spacial score (nSPS) is 19.8. The van der Waals surface area contributed by atoms with E-state index in [0.717, 1.165) is 36.5 Å². The zero-order valence-electron chi connectivity index (χ0n) is 15.5. The van der Waals surface area contributed by atoms with Crippen molar-refractivity contribution >= 4 is 17.2 Å². The van der Waals surface area contributed by atoms with Crippen molar-refractivity contribution in [1.29, 1.82) is 0 Å². The monoisotopic (exact) mass is 369 g/mol. The van der Waals surface area contributed by atoms with E-state index in [4.69, 9.17) is 4.98 Å². The Bertz CT molecular complexity index is 739. The van der Waals surface area contributed by atoms with Crippen LogP contribution in [-0.4, -0.2) is 35.9 Å². The third-order valence-electron chi connectivity index (χ3n) is 5.54.